The number of aliphatic hydroxyl groups excluding tert-OH is 2. The highest BCUT2D eigenvalue weighted by molar-refractivity contribution is 5.96. The van der Waals surface area contributed by atoms with Crippen LogP contribution in [0.2, 0.25) is 0 Å². The molecular formula is C22H20O4. The SMILES string of the molecule is CC(CO)(CO)C(=O)OC1=CCc2c(ccc3c4c(ccc23)=CC=C4)=C1. The molecule has 2 aromatic rings. The van der Waals surface area contributed by atoms with Gasteiger partial charge in [0, 0.05) is 0 Å². The van der Waals surface area contributed by atoms with Crippen molar-refractivity contribution in [1.29, 1.82) is 0 Å². The van der Waals surface area contributed by atoms with Crippen LogP contribution < -0.4 is 10.4 Å². The zero-order valence-electron chi connectivity index (χ0n) is 14.5. The number of esters is 1. The van der Waals surface area contributed by atoms with E-state index in [1.807, 2.05) is 18.2 Å². The van der Waals surface area contributed by atoms with E-state index in [0.717, 1.165) is 5.22 Å². The Balaban J connectivity index is 1.71. The van der Waals surface area contributed by atoms with E-state index in [-0.39, 0.29) is 0 Å². The predicted molar refractivity (Wildman–Crippen MR) is 101 cm³/mol. The number of benzene rings is 2. The van der Waals surface area contributed by atoms with Gasteiger partial charge in [-0.1, -0.05) is 42.5 Å². The summed E-state index contributed by atoms with van der Waals surface area (Å²) in [7, 11) is 0. The van der Waals surface area contributed by atoms with Gasteiger partial charge in [0.2, 0.25) is 0 Å². The molecule has 2 aliphatic carbocycles. The summed E-state index contributed by atoms with van der Waals surface area (Å²) < 4.78 is 5.41. The van der Waals surface area contributed by atoms with E-state index in [1.54, 1.807) is 0 Å². The Morgan fingerprint density at radius 3 is 2.62 bits per heavy atom. The van der Waals surface area contributed by atoms with Gasteiger partial charge >= 0.3 is 5.97 Å². The Kier molecular flexibility index (Phi) is 4.02. The van der Waals surface area contributed by atoms with Crippen LogP contribution >= 0.6 is 0 Å². The van der Waals surface area contributed by atoms with Crippen LogP contribution in [0.15, 0.2) is 42.2 Å². The van der Waals surface area contributed by atoms with Crippen LogP contribution in [-0.2, 0) is 16.0 Å². The molecule has 0 fully saturated rings. The summed E-state index contributed by atoms with van der Waals surface area (Å²) >= 11 is 0. The number of hydrogen-bond donors (Lipinski definition) is 2. The highest BCUT2D eigenvalue weighted by Gasteiger charge is 2.34. The van der Waals surface area contributed by atoms with Crippen molar-refractivity contribution in [3.63, 3.8) is 0 Å². The fraction of sp³-hybridized carbons (Fsp3) is 0.227. The lowest BCUT2D eigenvalue weighted by molar-refractivity contribution is -0.154. The molecule has 2 aromatic carbocycles. The van der Waals surface area contributed by atoms with Crippen LogP contribution in [0.1, 0.15) is 18.1 Å². The largest absolute Gasteiger partial charge is 0.426 e. The highest BCUT2D eigenvalue weighted by atomic mass is 16.5. The van der Waals surface area contributed by atoms with Gasteiger partial charge in [0.05, 0.1) is 13.2 Å². The lowest BCUT2D eigenvalue weighted by Gasteiger charge is -2.23. The monoisotopic (exact) mass is 348 g/mol. The second kappa shape index (κ2) is 6.24. The molecule has 4 heteroatoms. The molecular weight excluding hydrogens is 328 g/mol. The number of aliphatic hydroxyl groups is 2. The first-order valence-electron chi connectivity index (χ1n) is 8.65. The van der Waals surface area contributed by atoms with Crippen LogP contribution in [0, 0.1) is 5.41 Å². The standard InChI is InChI=1S/C22H20O4/c1-22(12-23,13-24)21(25)26-16-7-10-18-15(11-16)6-9-19-17-4-2-3-14(17)5-8-20(18)19/h2-9,11,23-24H,10,12-13H2,1H3. The molecule has 0 amide bonds. The molecule has 0 saturated heterocycles. The minimum Gasteiger partial charge on any atom is -0.426 e. The second-order valence-electron chi connectivity index (χ2n) is 7.04. The average molecular weight is 348 g/mol. The van der Waals surface area contributed by atoms with Gasteiger partial charge in [-0.3, -0.25) is 4.79 Å². The second-order valence-corrected chi connectivity index (χ2v) is 7.04. The van der Waals surface area contributed by atoms with Gasteiger partial charge in [0.25, 0.3) is 0 Å². The molecule has 0 aliphatic heterocycles. The third kappa shape index (κ3) is 2.59. The lowest BCUT2D eigenvalue weighted by atomic mass is 9.92. The van der Waals surface area contributed by atoms with Crippen LogP contribution in [0.5, 0.6) is 0 Å². The summed E-state index contributed by atoms with van der Waals surface area (Å²) in [6.07, 6.45) is 10.7. The van der Waals surface area contributed by atoms with Crippen LogP contribution in [-0.4, -0.2) is 29.4 Å². The zero-order valence-corrected chi connectivity index (χ0v) is 14.5. The molecule has 0 atom stereocenters. The highest BCUT2D eigenvalue weighted by Crippen LogP contribution is 2.25. The third-order valence-electron chi connectivity index (χ3n) is 5.17. The van der Waals surface area contributed by atoms with E-state index in [2.05, 4.69) is 36.4 Å². The van der Waals surface area contributed by atoms with Crippen molar-refractivity contribution in [1.82, 2.24) is 0 Å². The van der Waals surface area contributed by atoms with E-state index < -0.39 is 24.6 Å². The van der Waals surface area contributed by atoms with Crippen molar-refractivity contribution in [2.45, 2.75) is 13.3 Å². The van der Waals surface area contributed by atoms with Gasteiger partial charge < -0.3 is 14.9 Å². The number of ether oxygens (including phenoxy) is 1. The first-order chi connectivity index (χ1) is 12.6. The number of rotatable bonds is 4. The van der Waals surface area contributed by atoms with Gasteiger partial charge in [-0.15, -0.1) is 0 Å². The molecule has 132 valence electrons. The Morgan fingerprint density at radius 2 is 1.85 bits per heavy atom. The smallest absolute Gasteiger partial charge is 0.321 e. The maximum absolute atomic E-state index is 12.2. The lowest BCUT2D eigenvalue weighted by Crippen LogP contribution is -2.37. The topological polar surface area (TPSA) is 66.8 Å². The molecule has 4 rings (SSSR count). The van der Waals surface area contributed by atoms with Crippen molar-refractivity contribution >= 4 is 35.0 Å². The van der Waals surface area contributed by atoms with E-state index in [1.165, 1.54) is 34.0 Å². The third-order valence-corrected chi connectivity index (χ3v) is 5.17. The van der Waals surface area contributed by atoms with Crippen molar-refractivity contribution in [3.05, 3.63) is 63.7 Å². The van der Waals surface area contributed by atoms with E-state index in [0.29, 0.717) is 12.2 Å². The maximum atomic E-state index is 12.2. The molecule has 0 spiro atoms. The van der Waals surface area contributed by atoms with Crippen LogP contribution in [0.25, 0.3) is 29.0 Å². The van der Waals surface area contributed by atoms with Gasteiger partial charge in [-0.25, -0.2) is 0 Å². The van der Waals surface area contributed by atoms with Gasteiger partial charge in [0.1, 0.15) is 11.2 Å². The summed E-state index contributed by atoms with van der Waals surface area (Å²) in [6.45, 7) is 0.546. The number of carbonyl (C=O) groups is 1. The number of hydrogen-bond acceptors (Lipinski definition) is 4. The van der Waals surface area contributed by atoms with Crippen molar-refractivity contribution in [2.75, 3.05) is 13.2 Å². The molecule has 0 radical (unpaired) electrons. The number of carbonyl (C=O) groups excluding carboxylic acids is 1. The maximum Gasteiger partial charge on any atom is 0.321 e. The zero-order chi connectivity index (χ0) is 18.3. The van der Waals surface area contributed by atoms with Crippen molar-refractivity contribution in [2.24, 2.45) is 5.41 Å². The van der Waals surface area contributed by atoms with E-state index in [9.17, 15) is 15.0 Å². The van der Waals surface area contributed by atoms with Gasteiger partial charge in [-0.2, -0.15) is 0 Å². The average Bonchev–Trinajstić information content (AvgIpc) is 3.15. The summed E-state index contributed by atoms with van der Waals surface area (Å²) in [5.74, 6) is -0.183. The molecule has 2 N–H and O–H groups in total. The van der Waals surface area contributed by atoms with Gasteiger partial charge in [-0.05, 0) is 57.8 Å². The Labute approximate surface area is 151 Å². The molecule has 0 aromatic heterocycles. The molecule has 4 nitrogen and oxygen atoms in total. The van der Waals surface area contributed by atoms with Crippen molar-refractivity contribution in [3.8, 4) is 0 Å². The fourth-order valence-corrected chi connectivity index (χ4v) is 3.36. The number of fused-ring (bicyclic) bond motifs is 5. The molecule has 0 saturated carbocycles. The van der Waals surface area contributed by atoms with Gasteiger partial charge in [0.15, 0.2) is 0 Å². The van der Waals surface area contributed by atoms with E-state index in [4.69, 9.17) is 4.74 Å². The predicted octanol–water partition coefficient (Wildman–Crippen LogP) is 1.40. The minimum atomic E-state index is -1.30. The molecule has 2 aliphatic rings. The first kappa shape index (κ1) is 16.8. The minimum absolute atomic E-state index is 0.448. The molecule has 0 heterocycles. The normalized spacial score (nSPS) is 15.0. The summed E-state index contributed by atoms with van der Waals surface area (Å²) in [5.41, 5.74) is 1.15. The Hall–Kier alpha value is -2.69. The van der Waals surface area contributed by atoms with Crippen molar-refractivity contribution < 1.29 is 19.7 Å². The summed E-state index contributed by atoms with van der Waals surface area (Å²) in [4.78, 5) is 12.2. The fourth-order valence-electron chi connectivity index (χ4n) is 3.36. The summed E-state index contributed by atoms with van der Waals surface area (Å²) in [6, 6.07) is 8.42. The summed E-state index contributed by atoms with van der Waals surface area (Å²) in [5, 5.41) is 23.4. The molecule has 0 bridgehead atoms. The quantitative estimate of drug-likeness (QED) is 0.820. The Morgan fingerprint density at radius 1 is 1.12 bits per heavy atom. The Bertz CT molecular complexity index is 1090. The molecule has 26 heavy (non-hydrogen) atoms. The number of allylic oxidation sites excluding steroid dienone is 3. The van der Waals surface area contributed by atoms with Crippen LogP contribution in [0.4, 0.5) is 0 Å². The van der Waals surface area contributed by atoms with Crippen LogP contribution in [0.3, 0.4) is 0 Å². The molecule has 0 unspecified atom stereocenters. The van der Waals surface area contributed by atoms with E-state index >= 15 is 0 Å². The first-order valence-corrected chi connectivity index (χ1v) is 8.65.